The van der Waals surface area contributed by atoms with Gasteiger partial charge < -0.3 is 0 Å². The number of aryl methyl sites for hydroxylation is 2. The molecule has 3 heteroatoms. The van der Waals surface area contributed by atoms with Crippen LogP contribution in [0.25, 0.3) is 0 Å². The predicted octanol–water partition coefficient (Wildman–Crippen LogP) is 3.86. The zero-order chi connectivity index (χ0) is 13.8. The van der Waals surface area contributed by atoms with Gasteiger partial charge in [0.1, 0.15) is 5.69 Å². The maximum Gasteiger partial charge on any atom is 0.184 e. The number of rotatable bonds is 5. The van der Waals surface area contributed by atoms with Crippen LogP contribution in [-0.4, -0.2) is 15.6 Å². The molecule has 1 aromatic rings. The van der Waals surface area contributed by atoms with Crippen molar-refractivity contribution >= 4 is 5.78 Å². The second-order valence-corrected chi connectivity index (χ2v) is 5.61. The van der Waals surface area contributed by atoms with Crippen molar-refractivity contribution < 1.29 is 4.79 Å². The molecule has 0 spiro atoms. The van der Waals surface area contributed by atoms with Gasteiger partial charge in [0.05, 0.1) is 5.69 Å². The van der Waals surface area contributed by atoms with E-state index < -0.39 is 0 Å². The van der Waals surface area contributed by atoms with E-state index >= 15 is 0 Å². The molecule has 0 radical (unpaired) electrons. The van der Waals surface area contributed by atoms with Crippen molar-refractivity contribution in [1.29, 1.82) is 0 Å². The summed E-state index contributed by atoms with van der Waals surface area (Å²) in [5.74, 6) is 1.14. The molecule has 19 heavy (non-hydrogen) atoms. The minimum Gasteiger partial charge on any atom is -0.292 e. The Morgan fingerprint density at radius 2 is 2.05 bits per heavy atom. The van der Waals surface area contributed by atoms with E-state index in [2.05, 4.69) is 25.9 Å². The number of nitrogens with zero attached hydrogens (tertiary/aromatic N) is 2. The Morgan fingerprint density at radius 1 is 1.32 bits per heavy atom. The molecular weight excluding hydrogens is 236 g/mol. The third-order valence-electron chi connectivity index (χ3n) is 4.52. The minimum atomic E-state index is 0.227. The molecule has 0 aliphatic heterocycles. The van der Waals surface area contributed by atoms with Crippen molar-refractivity contribution in [3.63, 3.8) is 0 Å². The van der Waals surface area contributed by atoms with E-state index in [1.165, 1.54) is 19.3 Å². The number of carbonyl (C=O) groups excluding carboxylic acids is 1. The van der Waals surface area contributed by atoms with Crippen molar-refractivity contribution in [2.75, 3.05) is 0 Å². The van der Waals surface area contributed by atoms with Crippen molar-refractivity contribution in [3.05, 3.63) is 17.5 Å². The molecule has 2 unspecified atom stereocenters. The third kappa shape index (κ3) is 2.90. The number of aromatic nitrogens is 2. The zero-order valence-electron chi connectivity index (χ0n) is 12.5. The fraction of sp³-hybridized carbons (Fsp3) is 0.750. The van der Waals surface area contributed by atoms with Crippen molar-refractivity contribution in [2.45, 2.75) is 65.8 Å². The molecule has 0 aromatic carbocycles. The summed E-state index contributed by atoms with van der Waals surface area (Å²) in [5, 5.41) is 4.51. The normalized spacial score (nSPS) is 23.5. The zero-order valence-corrected chi connectivity index (χ0v) is 12.5. The molecule has 106 valence electrons. The molecule has 2 atom stereocenters. The topological polar surface area (TPSA) is 34.9 Å². The first kappa shape index (κ1) is 14.3. The summed E-state index contributed by atoms with van der Waals surface area (Å²) in [7, 11) is 0. The van der Waals surface area contributed by atoms with E-state index in [1.54, 1.807) is 0 Å². The summed E-state index contributed by atoms with van der Waals surface area (Å²) in [4.78, 5) is 12.8. The number of hydrogen-bond donors (Lipinski definition) is 0. The SMILES string of the molecule is CCc1cc(C(=O)C2CCCCC2CC)n(CC)n1. The van der Waals surface area contributed by atoms with Gasteiger partial charge in [-0.25, -0.2) is 0 Å². The average molecular weight is 262 g/mol. The van der Waals surface area contributed by atoms with Gasteiger partial charge in [0, 0.05) is 12.5 Å². The summed E-state index contributed by atoms with van der Waals surface area (Å²) in [6.45, 7) is 7.14. The highest BCUT2D eigenvalue weighted by molar-refractivity contribution is 5.96. The van der Waals surface area contributed by atoms with Crippen LogP contribution in [0.1, 0.15) is 69.1 Å². The van der Waals surface area contributed by atoms with Gasteiger partial charge in [-0.3, -0.25) is 9.48 Å². The summed E-state index contributed by atoms with van der Waals surface area (Å²) in [5.41, 5.74) is 1.87. The van der Waals surface area contributed by atoms with Crippen LogP contribution in [0.2, 0.25) is 0 Å². The molecule has 2 rings (SSSR count). The lowest BCUT2D eigenvalue weighted by Crippen LogP contribution is -2.28. The summed E-state index contributed by atoms with van der Waals surface area (Å²) in [6.07, 6.45) is 6.79. The largest absolute Gasteiger partial charge is 0.292 e. The van der Waals surface area contributed by atoms with Crippen molar-refractivity contribution in [3.8, 4) is 0 Å². The van der Waals surface area contributed by atoms with Gasteiger partial charge in [0.25, 0.3) is 0 Å². The molecule has 0 bridgehead atoms. The fourth-order valence-corrected chi connectivity index (χ4v) is 3.31. The van der Waals surface area contributed by atoms with Crippen molar-refractivity contribution in [1.82, 2.24) is 9.78 Å². The molecule has 0 N–H and O–H groups in total. The molecule has 1 aliphatic rings. The highest BCUT2D eigenvalue weighted by atomic mass is 16.1. The highest BCUT2D eigenvalue weighted by Gasteiger charge is 2.32. The van der Waals surface area contributed by atoms with Crippen LogP contribution in [0.15, 0.2) is 6.07 Å². The number of Topliss-reactive ketones (excluding diaryl/α,β-unsaturated/α-hetero) is 1. The van der Waals surface area contributed by atoms with Gasteiger partial charge in [-0.2, -0.15) is 5.10 Å². The van der Waals surface area contributed by atoms with Gasteiger partial charge >= 0.3 is 0 Å². The fourth-order valence-electron chi connectivity index (χ4n) is 3.31. The quantitative estimate of drug-likeness (QED) is 0.755. The molecular formula is C16H26N2O. The molecule has 1 aromatic heterocycles. The monoisotopic (exact) mass is 262 g/mol. The summed E-state index contributed by atoms with van der Waals surface area (Å²) >= 11 is 0. The van der Waals surface area contributed by atoms with Crippen LogP contribution in [0.3, 0.4) is 0 Å². The smallest absolute Gasteiger partial charge is 0.184 e. The molecule has 0 amide bonds. The second-order valence-electron chi connectivity index (χ2n) is 5.61. The van der Waals surface area contributed by atoms with Crippen LogP contribution in [0, 0.1) is 11.8 Å². The van der Waals surface area contributed by atoms with Gasteiger partial charge in [-0.15, -0.1) is 0 Å². The molecule has 1 saturated carbocycles. The van der Waals surface area contributed by atoms with E-state index in [4.69, 9.17) is 0 Å². The lowest BCUT2D eigenvalue weighted by Gasteiger charge is -2.29. The molecule has 3 nitrogen and oxygen atoms in total. The minimum absolute atomic E-state index is 0.227. The Morgan fingerprint density at radius 3 is 2.68 bits per heavy atom. The predicted molar refractivity (Wildman–Crippen MR) is 77.3 cm³/mol. The van der Waals surface area contributed by atoms with Crippen molar-refractivity contribution in [2.24, 2.45) is 11.8 Å². The standard InChI is InChI=1S/C16H26N2O/c1-4-12-9-7-8-10-14(12)16(19)15-11-13(5-2)17-18(15)6-3/h11-12,14H,4-10H2,1-3H3. The Balaban J connectivity index is 2.24. The van der Waals surface area contributed by atoms with Crippen LogP contribution in [0.5, 0.6) is 0 Å². The summed E-state index contributed by atoms with van der Waals surface area (Å²) < 4.78 is 1.89. The third-order valence-corrected chi connectivity index (χ3v) is 4.52. The average Bonchev–Trinajstić information content (AvgIpc) is 2.89. The van der Waals surface area contributed by atoms with E-state index in [9.17, 15) is 4.79 Å². The Kier molecular flexibility index (Phi) is 4.78. The Labute approximate surface area is 116 Å². The maximum atomic E-state index is 12.8. The first-order valence-corrected chi connectivity index (χ1v) is 7.82. The lowest BCUT2D eigenvalue weighted by atomic mass is 9.75. The molecule has 0 saturated heterocycles. The maximum absolute atomic E-state index is 12.8. The molecule has 1 heterocycles. The van der Waals surface area contributed by atoms with Gasteiger partial charge in [0.2, 0.25) is 0 Å². The molecule has 1 fully saturated rings. The lowest BCUT2D eigenvalue weighted by molar-refractivity contribution is 0.0809. The first-order chi connectivity index (χ1) is 9.21. The van der Waals surface area contributed by atoms with Gasteiger partial charge in [-0.05, 0) is 38.2 Å². The highest BCUT2D eigenvalue weighted by Crippen LogP contribution is 2.34. The van der Waals surface area contributed by atoms with Crippen LogP contribution < -0.4 is 0 Å². The first-order valence-electron chi connectivity index (χ1n) is 7.82. The molecule has 1 aliphatic carbocycles. The number of ketones is 1. The van der Waals surface area contributed by atoms with Gasteiger partial charge in [-0.1, -0.05) is 33.1 Å². The Bertz CT molecular complexity index is 436. The Hall–Kier alpha value is -1.12. The number of hydrogen-bond acceptors (Lipinski definition) is 2. The second kappa shape index (κ2) is 6.36. The number of carbonyl (C=O) groups is 1. The van der Waals surface area contributed by atoms with E-state index in [-0.39, 0.29) is 5.92 Å². The van der Waals surface area contributed by atoms with E-state index in [0.717, 1.165) is 37.2 Å². The van der Waals surface area contributed by atoms with Crippen LogP contribution >= 0.6 is 0 Å². The van der Waals surface area contributed by atoms with E-state index in [0.29, 0.717) is 11.7 Å². The van der Waals surface area contributed by atoms with E-state index in [1.807, 2.05) is 10.7 Å². The van der Waals surface area contributed by atoms with Gasteiger partial charge in [0.15, 0.2) is 5.78 Å². The van der Waals surface area contributed by atoms with Crippen LogP contribution in [-0.2, 0) is 13.0 Å². The summed E-state index contributed by atoms with van der Waals surface area (Å²) in [6, 6.07) is 2.01. The van der Waals surface area contributed by atoms with Crippen LogP contribution in [0.4, 0.5) is 0 Å².